The van der Waals surface area contributed by atoms with Crippen LogP contribution in [0.5, 0.6) is 5.75 Å². The average molecular weight is 208 g/mol. The van der Waals surface area contributed by atoms with Crippen molar-refractivity contribution < 1.29 is 9.22 Å². The van der Waals surface area contributed by atoms with E-state index in [1.165, 1.54) is 5.56 Å². The number of hydrogen-bond acceptors (Lipinski definition) is 1. The van der Waals surface area contributed by atoms with Gasteiger partial charge in [-0.3, -0.25) is 0 Å². The van der Waals surface area contributed by atoms with Crippen LogP contribution in [-0.4, -0.2) is 32.2 Å². The molecule has 0 unspecified atom stereocenters. The zero-order valence-corrected chi connectivity index (χ0v) is 10.3. The number of nitrogens with zero attached hydrogens (tertiary/aromatic N) is 1. The Bertz CT molecular complexity index is 284. The zero-order chi connectivity index (χ0) is 11.3. The number of ether oxygens (including phenoxy) is 1. The maximum Gasteiger partial charge on any atom is 0.119 e. The molecule has 0 fully saturated rings. The Morgan fingerprint density at radius 2 is 1.67 bits per heavy atom. The molecule has 0 saturated heterocycles. The summed E-state index contributed by atoms with van der Waals surface area (Å²) in [5, 5.41) is 0. The summed E-state index contributed by atoms with van der Waals surface area (Å²) >= 11 is 0. The molecule has 0 atom stereocenters. The second-order valence-electron chi connectivity index (χ2n) is 4.94. The maximum atomic E-state index is 5.54. The predicted molar refractivity (Wildman–Crippen MR) is 64.0 cm³/mol. The summed E-state index contributed by atoms with van der Waals surface area (Å²) < 4.78 is 6.49. The molecule has 2 heteroatoms. The molecule has 0 radical (unpaired) electrons. The number of quaternary nitrogens is 1. The van der Waals surface area contributed by atoms with Crippen LogP contribution in [0.2, 0.25) is 0 Å². The van der Waals surface area contributed by atoms with Crippen molar-refractivity contribution >= 4 is 0 Å². The Morgan fingerprint density at radius 1 is 1.07 bits per heavy atom. The molecular weight excluding hydrogens is 186 g/mol. The van der Waals surface area contributed by atoms with Crippen molar-refractivity contribution in [3.63, 3.8) is 0 Å². The van der Waals surface area contributed by atoms with Gasteiger partial charge in [-0.2, -0.15) is 0 Å². The molecule has 1 aromatic rings. The standard InChI is InChI=1S/C13H22NO/c1-5-10-15-13-8-6-12(7-9-13)11-14(2,3)4/h6-9H,5,10-11H2,1-4H3/q+1. The third kappa shape index (κ3) is 4.84. The molecule has 0 heterocycles. The highest BCUT2D eigenvalue weighted by Crippen LogP contribution is 2.14. The van der Waals surface area contributed by atoms with Crippen molar-refractivity contribution in [2.75, 3.05) is 27.7 Å². The lowest BCUT2D eigenvalue weighted by Gasteiger charge is -2.23. The molecule has 0 N–H and O–H groups in total. The van der Waals surface area contributed by atoms with E-state index in [9.17, 15) is 0 Å². The van der Waals surface area contributed by atoms with Gasteiger partial charge < -0.3 is 9.22 Å². The normalized spacial score (nSPS) is 11.5. The van der Waals surface area contributed by atoms with Gasteiger partial charge in [-0.15, -0.1) is 0 Å². The summed E-state index contributed by atoms with van der Waals surface area (Å²) in [6.45, 7) is 3.97. The fraction of sp³-hybridized carbons (Fsp3) is 0.538. The van der Waals surface area contributed by atoms with Gasteiger partial charge in [-0.25, -0.2) is 0 Å². The van der Waals surface area contributed by atoms with E-state index in [2.05, 4.69) is 52.3 Å². The Hall–Kier alpha value is -1.02. The lowest BCUT2D eigenvalue weighted by atomic mass is 10.2. The highest BCUT2D eigenvalue weighted by atomic mass is 16.5. The molecule has 0 bridgehead atoms. The third-order valence-corrected chi connectivity index (χ3v) is 2.05. The van der Waals surface area contributed by atoms with Crippen LogP contribution in [0.3, 0.4) is 0 Å². The van der Waals surface area contributed by atoms with E-state index >= 15 is 0 Å². The van der Waals surface area contributed by atoms with E-state index in [1.807, 2.05) is 0 Å². The van der Waals surface area contributed by atoms with Crippen molar-refractivity contribution in [2.24, 2.45) is 0 Å². The van der Waals surface area contributed by atoms with E-state index in [1.54, 1.807) is 0 Å². The van der Waals surface area contributed by atoms with Gasteiger partial charge in [0.2, 0.25) is 0 Å². The first-order chi connectivity index (χ1) is 7.01. The van der Waals surface area contributed by atoms with Gasteiger partial charge in [-0.05, 0) is 30.7 Å². The Labute approximate surface area is 93.1 Å². The van der Waals surface area contributed by atoms with Gasteiger partial charge in [0.15, 0.2) is 0 Å². The molecule has 0 spiro atoms. The van der Waals surface area contributed by atoms with Gasteiger partial charge in [0, 0.05) is 5.56 Å². The van der Waals surface area contributed by atoms with Crippen molar-refractivity contribution in [3.8, 4) is 5.75 Å². The third-order valence-electron chi connectivity index (χ3n) is 2.05. The SMILES string of the molecule is CCCOc1ccc(C[N+](C)(C)C)cc1. The van der Waals surface area contributed by atoms with E-state index in [0.717, 1.165) is 29.8 Å². The van der Waals surface area contributed by atoms with Crippen LogP contribution in [0.15, 0.2) is 24.3 Å². The van der Waals surface area contributed by atoms with Crippen LogP contribution in [0, 0.1) is 0 Å². The Balaban J connectivity index is 2.56. The van der Waals surface area contributed by atoms with E-state index in [0.29, 0.717) is 0 Å². The second-order valence-corrected chi connectivity index (χ2v) is 4.94. The number of hydrogen-bond donors (Lipinski definition) is 0. The predicted octanol–water partition coefficient (Wildman–Crippen LogP) is 2.68. The first-order valence-electron chi connectivity index (χ1n) is 5.53. The van der Waals surface area contributed by atoms with Gasteiger partial charge in [0.05, 0.1) is 27.7 Å². The highest BCUT2D eigenvalue weighted by molar-refractivity contribution is 5.26. The minimum Gasteiger partial charge on any atom is -0.494 e. The summed E-state index contributed by atoms with van der Waals surface area (Å²) in [4.78, 5) is 0. The van der Waals surface area contributed by atoms with Crippen LogP contribution in [0.1, 0.15) is 18.9 Å². The van der Waals surface area contributed by atoms with E-state index in [-0.39, 0.29) is 0 Å². The van der Waals surface area contributed by atoms with Crippen LogP contribution in [0.4, 0.5) is 0 Å². The Kier molecular flexibility index (Phi) is 4.15. The van der Waals surface area contributed by atoms with Crippen LogP contribution < -0.4 is 4.74 Å². The average Bonchev–Trinajstić information content (AvgIpc) is 2.14. The molecule has 84 valence electrons. The molecule has 1 rings (SSSR count). The highest BCUT2D eigenvalue weighted by Gasteiger charge is 2.07. The first-order valence-corrected chi connectivity index (χ1v) is 5.53. The molecule has 15 heavy (non-hydrogen) atoms. The lowest BCUT2D eigenvalue weighted by molar-refractivity contribution is -0.884. The Morgan fingerprint density at radius 3 is 2.13 bits per heavy atom. The molecule has 0 saturated carbocycles. The van der Waals surface area contributed by atoms with Crippen molar-refractivity contribution in [3.05, 3.63) is 29.8 Å². The smallest absolute Gasteiger partial charge is 0.119 e. The van der Waals surface area contributed by atoms with Crippen molar-refractivity contribution in [1.82, 2.24) is 0 Å². The fourth-order valence-corrected chi connectivity index (χ4v) is 1.46. The molecule has 0 aliphatic carbocycles. The van der Waals surface area contributed by atoms with E-state index in [4.69, 9.17) is 4.74 Å². The monoisotopic (exact) mass is 208 g/mol. The van der Waals surface area contributed by atoms with Gasteiger partial charge in [0.1, 0.15) is 12.3 Å². The first kappa shape index (κ1) is 12.1. The molecule has 0 aliphatic rings. The summed E-state index contributed by atoms with van der Waals surface area (Å²) in [6, 6.07) is 8.41. The quantitative estimate of drug-likeness (QED) is 0.676. The largest absolute Gasteiger partial charge is 0.494 e. The van der Waals surface area contributed by atoms with Crippen molar-refractivity contribution in [2.45, 2.75) is 19.9 Å². The van der Waals surface area contributed by atoms with Crippen LogP contribution >= 0.6 is 0 Å². The summed E-state index contributed by atoms with van der Waals surface area (Å²) in [7, 11) is 6.59. The molecule has 0 amide bonds. The molecule has 0 aromatic heterocycles. The second kappa shape index (κ2) is 5.17. The minimum absolute atomic E-state index is 0.800. The van der Waals surface area contributed by atoms with Crippen LogP contribution in [0.25, 0.3) is 0 Å². The van der Waals surface area contributed by atoms with Crippen LogP contribution in [-0.2, 0) is 6.54 Å². The van der Waals surface area contributed by atoms with Gasteiger partial charge in [-0.1, -0.05) is 6.92 Å². The fourth-order valence-electron chi connectivity index (χ4n) is 1.46. The molecule has 0 aliphatic heterocycles. The van der Waals surface area contributed by atoms with E-state index < -0.39 is 0 Å². The molecule has 2 nitrogen and oxygen atoms in total. The topological polar surface area (TPSA) is 9.23 Å². The zero-order valence-electron chi connectivity index (χ0n) is 10.3. The minimum atomic E-state index is 0.800. The number of benzene rings is 1. The summed E-state index contributed by atoms with van der Waals surface area (Å²) in [5.74, 6) is 0.974. The molecular formula is C13H22NO+. The summed E-state index contributed by atoms with van der Waals surface area (Å²) in [5.41, 5.74) is 1.35. The lowest BCUT2D eigenvalue weighted by Crippen LogP contribution is -2.33. The maximum absolute atomic E-state index is 5.54. The van der Waals surface area contributed by atoms with Gasteiger partial charge >= 0.3 is 0 Å². The summed E-state index contributed by atoms with van der Waals surface area (Å²) in [6.07, 6.45) is 1.06. The molecule has 1 aromatic carbocycles. The number of rotatable bonds is 5. The van der Waals surface area contributed by atoms with Crippen molar-refractivity contribution in [1.29, 1.82) is 0 Å². The van der Waals surface area contributed by atoms with Gasteiger partial charge in [0.25, 0.3) is 0 Å².